The molecule has 1 aromatic rings. The van der Waals surface area contributed by atoms with Gasteiger partial charge in [-0.2, -0.15) is 0 Å². The first kappa shape index (κ1) is 12.5. The molecule has 0 saturated heterocycles. The van der Waals surface area contributed by atoms with Gasteiger partial charge in [0.1, 0.15) is 5.75 Å². The first-order chi connectivity index (χ1) is 7.50. The number of hydrogen-bond donors (Lipinski definition) is 3. The Bertz CT molecular complexity index is 355. The summed E-state index contributed by atoms with van der Waals surface area (Å²) in [6.45, 7) is 3.58. The minimum atomic E-state index is -0.602. The monoisotopic (exact) mass is 223 g/mol. The summed E-state index contributed by atoms with van der Waals surface area (Å²) in [7, 11) is 0. The fraction of sp³-hybridized carbons (Fsp3) is 0.417. The normalized spacial score (nSPS) is 14.2. The summed E-state index contributed by atoms with van der Waals surface area (Å²) >= 11 is 0. The topological polar surface area (TPSA) is 69.6 Å². The molecule has 0 radical (unpaired) electrons. The summed E-state index contributed by atoms with van der Waals surface area (Å²) in [6.07, 6.45) is 0.646. The lowest BCUT2D eigenvalue weighted by atomic mass is 9.99. The Hall–Kier alpha value is -1.55. The summed E-state index contributed by atoms with van der Waals surface area (Å²) in [5, 5.41) is 21.0. The highest BCUT2D eigenvalue weighted by Gasteiger charge is 2.23. The van der Waals surface area contributed by atoms with Crippen LogP contribution in [0.15, 0.2) is 24.3 Å². The third kappa shape index (κ3) is 2.97. The number of phenols is 1. The second-order valence-electron chi connectivity index (χ2n) is 4.07. The fourth-order valence-electron chi connectivity index (χ4n) is 1.20. The van der Waals surface area contributed by atoms with Gasteiger partial charge in [-0.25, -0.2) is 0 Å². The maximum Gasteiger partial charge on any atom is 0.251 e. The number of phenolic OH excluding ortho intramolecular Hbond substituents is 1. The van der Waals surface area contributed by atoms with Crippen LogP contribution in [-0.2, 0) is 0 Å². The Morgan fingerprint density at radius 1 is 1.38 bits per heavy atom. The van der Waals surface area contributed by atoms with E-state index in [4.69, 9.17) is 5.11 Å². The van der Waals surface area contributed by atoms with Crippen molar-refractivity contribution in [3.05, 3.63) is 29.8 Å². The molecule has 16 heavy (non-hydrogen) atoms. The molecule has 3 N–H and O–H groups in total. The largest absolute Gasteiger partial charge is 0.508 e. The molecule has 0 aliphatic heterocycles. The Morgan fingerprint density at radius 3 is 2.38 bits per heavy atom. The van der Waals surface area contributed by atoms with Crippen molar-refractivity contribution in [2.75, 3.05) is 6.61 Å². The van der Waals surface area contributed by atoms with E-state index in [2.05, 4.69) is 5.32 Å². The fourth-order valence-corrected chi connectivity index (χ4v) is 1.20. The molecule has 88 valence electrons. The minimum Gasteiger partial charge on any atom is -0.508 e. The SMILES string of the molecule is CCC(C)(CO)NC(=O)c1ccc(O)cc1. The van der Waals surface area contributed by atoms with Gasteiger partial charge in [-0.3, -0.25) is 4.79 Å². The third-order valence-electron chi connectivity index (χ3n) is 2.67. The highest BCUT2D eigenvalue weighted by molar-refractivity contribution is 5.94. The van der Waals surface area contributed by atoms with Gasteiger partial charge < -0.3 is 15.5 Å². The lowest BCUT2D eigenvalue weighted by molar-refractivity contribution is 0.0847. The number of aliphatic hydroxyl groups is 1. The van der Waals surface area contributed by atoms with Crippen molar-refractivity contribution >= 4 is 5.91 Å². The molecule has 4 heteroatoms. The molecular formula is C12H17NO3. The van der Waals surface area contributed by atoms with Crippen LogP contribution in [0.2, 0.25) is 0 Å². The summed E-state index contributed by atoms with van der Waals surface area (Å²) in [6, 6.07) is 5.99. The molecule has 0 spiro atoms. The zero-order valence-electron chi connectivity index (χ0n) is 9.53. The van der Waals surface area contributed by atoms with E-state index in [1.54, 1.807) is 6.92 Å². The predicted molar refractivity (Wildman–Crippen MR) is 61.4 cm³/mol. The van der Waals surface area contributed by atoms with Crippen LogP contribution in [0.1, 0.15) is 30.6 Å². The van der Waals surface area contributed by atoms with Gasteiger partial charge in [0, 0.05) is 5.56 Å². The second-order valence-corrected chi connectivity index (χ2v) is 4.07. The summed E-state index contributed by atoms with van der Waals surface area (Å²) in [5.41, 5.74) is -0.138. The number of nitrogens with one attached hydrogen (secondary N) is 1. The van der Waals surface area contributed by atoms with Gasteiger partial charge >= 0.3 is 0 Å². The Kier molecular flexibility index (Phi) is 3.90. The van der Waals surface area contributed by atoms with Crippen molar-refractivity contribution in [3.8, 4) is 5.75 Å². The molecule has 0 saturated carbocycles. The molecule has 1 aromatic carbocycles. The van der Waals surface area contributed by atoms with Crippen molar-refractivity contribution in [1.82, 2.24) is 5.32 Å². The van der Waals surface area contributed by atoms with E-state index in [1.165, 1.54) is 24.3 Å². The Balaban J connectivity index is 2.76. The van der Waals surface area contributed by atoms with E-state index in [0.717, 1.165) is 0 Å². The van der Waals surface area contributed by atoms with E-state index in [-0.39, 0.29) is 18.3 Å². The highest BCUT2D eigenvalue weighted by atomic mass is 16.3. The molecule has 1 atom stereocenters. The lowest BCUT2D eigenvalue weighted by Gasteiger charge is -2.27. The number of aliphatic hydroxyl groups excluding tert-OH is 1. The number of carbonyl (C=O) groups is 1. The van der Waals surface area contributed by atoms with Crippen molar-refractivity contribution in [2.24, 2.45) is 0 Å². The van der Waals surface area contributed by atoms with Crippen molar-refractivity contribution < 1.29 is 15.0 Å². The molecule has 1 rings (SSSR count). The smallest absolute Gasteiger partial charge is 0.251 e. The van der Waals surface area contributed by atoms with Crippen LogP contribution in [0.3, 0.4) is 0 Å². The minimum absolute atomic E-state index is 0.104. The standard InChI is InChI=1S/C12H17NO3/c1-3-12(2,8-14)13-11(16)9-4-6-10(15)7-5-9/h4-7,14-15H,3,8H2,1-2H3,(H,13,16). The van der Waals surface area contributed by atoms with Crippen LogP contribution >= 0.6 is 0 Å². The molecule has 0 bridgehead atoms. The third-order valence-corrected chi connectivity index (χ3v) is 2.67. The Labute approximate surface area is 94.9 Å². The van der Waals surface area contributed by atoms with Gasteiger partial charge in [-0.15, -0.1) is 0 Å². The molecule has 0 aliphatic carbocycles. The van der Waals surface area contributed by atoms with Crippen LogP contribution in [0.4, 0.5) is 0 Å². The maximum absolute atomic E-state index is 11.8. The molecule has 0 fully saturated rings. The number of carbonyl (C=O) groups excluding carboxylic acids is 1. The first-order valence-electron chi connectivity index (χ1n) is 5.23. The van der Waals surface area contributed by atoms with Gasteiger partial charge in [0.2, 0.25) is 0 Å². The highest BCUT2D eigenvalue weighted by Crippen LogP contribution is 2.12. The zero-order chi connectivity index (χ0) is 12.2. The number of benzene rings is 1. The number of aromatic hydroxyl groups is 1. The maximum atomic E-state index is 11.8. The lowest BCUT2D eigenvalue weighted by Crippen LogP contribution is -2.48. The van der Waals surface area contributed by atoms with E-state index in [0.29, 0.717) is 12.0 Å². The molecule has 4 nitrogen and oxygen atoms in total. The van der Waals surface area contributed by atoms with Crippen LogP contribution in [0, 0.1) is 0 Å². The summed E-state index contributed by atoms with van der Waals surface area (Å²) in [4.78, 5) is 11.8. The second kappa shape index (κ2) is 4.99. The van der Waals surface area contributed by atoms with Gasteiger partial charge in [0.25, 0.3) is 5.91 Å². The first-order valence-corrected chi connectivity index (χ1v) is 5.23. The van der Waals surface area contributed by atoms with Gasteiger partial charge in [-0.05, 0) is 37.6 Å². The Morgan fingerprint density at radius 2 is 1.94 bits per heavy atom. The zero-order valence-corrected chi connectivity index (χ0v) is 9.53. The molecule has 1 amide bonds. The molecule has 0 heterocycles. The van der Waals surface area contributed by atoms with Crippen LogP contribution in [-0.4, -0.2) is 28.3 Å². The predicted octanol–water partition coefficient (Wildman–Crippen LogP) is 1.28. The van der Waals surface area contributed by atoms with Crippen LogP contribution < -0.4 is 5.32 Å². The molecule has 0 aromatic heterocycles. The van der Waals surface area contributed by atoms with Crippen molar-refractivity contribution in [1.29, 1.82) is 0 Å². The number of hydrogen-bond acceptors (Lipinski definition) is 3. The van der Waals surface area contributed by atoms with Crippen molar-refractivity contribution in [2.45, 2.75) is 25.8 Å². The van der Waals surface area contributed by atoms with E-state index in [1.807, 2.05) is 6.92 Å². The average Bonchev–Trinajstić information content (AvgIpc) is 2.29. The van der Waals surface area contributed by atoms with E-state index < -0.39 is 5.54 Å². The van der Waals surface area contributed by atoms with Gasteiger partial charge in [0.05, 0.1) is 12.1 Å². The van der Waals surface area contributed by atoms with E-state index in [9.17, 15) is 9.90 Å². The van der Waals surface area contributed by atoms with E-state index >= 15 is 0 Å². The average molecular weight is 223 g/mol. The molecule has 0 aliphatic rings. The number of amides is 1. The molecular weight excluding hydrogens is 206 g/mol. The van der Waals surface area contributed by atoms with Crippen molar-refractivity contribution in [3.63, 3.8) is 0 Å². The van der Waals surface area contributed by atoms with Gasteiger partial charge in [-0.1, -0.05) is 6.92 Å². The quantitative estimate of drug-likeness (QED) is 0.720. The summed E-state index contributed by atoms with van der Waals surface area (Å²) < 4.78 is 0. The number of rotatable bonds is 4. The van der Waals surface area contributed by atoms with Crippen LogP contribution in [0.25, 0.3) is 0 Å². The molecule has 1 unspecified atom stereocenters. The summed E-state index contributed by atoms with van der Waals surface area (Å²) in [5.74, 6) is -0.129. The van der Waals surface area contributed by atoms with Crippen LogP contribution in [0.5, 0.6) is 5.75 Å². The van der Waals surface area contributed by atoms with Gasteiger partial charge in [0.15, 0.2) is 0 Å².